The van der Waals surface area contributed by atoms with Crippen molar-refractivity contribution in [2.75, 3.05) is 6.61 Å². The first-order chi connectivity index (χ1) is 18.3. The average molecular weight is 550 g/mol. The smallest absolute Gasteiger partial charge is 0.338 e. The summed E-state index contributed by atoms with van der Waals surface area (Å²) in [6.45, 7) is 3.56. The highest BCUT2D eigenvalue weighted by Crippen LogP contribution is 2.34. The number of nitro benzene ring substituents is 1. The van der Waals surface area contributed by atoms with Crippen LogP contribution in [-0.2, 0) is 9.53 Å². The molecule has 0 radical (unpaired) electrons. The van der Waals surface area contributed by atoms with E-state index in [9.17, 15) is 19.7 Å². The number of furan rings is 1. The number of para-hydroxylation sites is 1. The van der Waals surface area contributed by atoms with Crippen molar-refractivity contribution in [3.8, 4) is 11.3 Å². The van der Waals surface area contributed by atoms with Crippen LogP contribution in [0.5, 0.6) is 0 Å². The molecule has 1 aliphatic rings. The molecule has 0 bridgehead atoms. The number of allylic oxidation sites excluding steroid dienone is 1. The Morgan fingerprint density at radius 2 is 1.95 bits per heavy atom. The minimum atomic E-state index is -0.833. The molecule has 0 N–H and O–H groups in total. The summed E-state index contributed by atoms with van der Waals surface area (Å²) < 4.78 is 12.9. The van der Waals surface area contributed by atoms with Crippen molar-refractivity contribution in [2.24, 2.45) is 4.99 Å². The van der Waals surface area contributed by atoms with E-state index in [4.69, 9.17) is 20.8 Å². The van der Waals surface area contributed by atoms with Gasteiger partial charge in [-0.3, -0.25) is 19.5 Å². The van der Waals surface area contributed by atoms with Crippen molar-refractivity contribution in [3.63, 3.8) is 0 Å². The van der Waals surface area contributed by atoms with E-state index >= 15 is 0 Å². The van der Waals surface area contributed by atoms with Crippen molar-refractivity contribution < 1.29 is 18.9 Å². The van der Waals surface area contributed by atoms with Crippen LogP contribution in [0.25, 0.3) is 17.4 Å². The predicted octanol–water partition coefficient (Wildman–Crippen LogP) is 4.62. The van der Waals surface area contributed by atoms with Gasteiger partial charge in [-0.25, -0.2) is 9.79 Å². The Bertz CT molecular complexity index is 1800. The molecule has 1 unspecified atom stereocenters. The summed E-state index contributed by atoms with van der Waals surface area (Å²) in [6.07, 6.45) is 1.55. The minimum absolute atomic E-state index is 0.0884. The summed E-state index contributed by atoms with van der Waals surface area (Å²) in [7, 11) is 0. The maximum absolute atomic E-state index is 13.7. The van der Waals surface area contributed by atoms with Gasteiger partial charge in [-0.15, -0.1) is 0 Å². The topological polar surface area (TPSA) is 117 Å². The van der Waals surface area contributed by atoms with Gasteiger partial charge in [0.2, 0.25) is 0 Å². The molecule has 11 heteroatoms. The summed E-state index contributed by atoms with van der Waals surface area (Å²) in [6, 6.07) is 15.7. The molecule has 0 aliphatic carbocycles. The molecule has 4 aromatic rings. The summed E-state index contributed by atoms with van der Waals surface area (Å²) in [4.78, 5) is 42.5. The quantitative estimate of drug-likeness (QED) is 0.197. The van der Waals surface area contributed by atoms with Crippen LogP contribution in [0, 0.1) is 10.1 Å². The highest BCUT2D eigenvalue weighted by molar-refractivity contribution is 7.07. The number of nitrogens with zero attached hydrogens (tertiary/aromatic N) is 3. The van der Waals surface area contributed by atoms with Crippen LogP contribution in [0.15, 0.2) is 86.1 Å². The third kappa shape index (κ3) is 4.48. The summed E-state index contributed by atoms with van der Waals surface area (Å²) in [5, 5.41) is 11.8. The van der Waals surface area contributed by atoms with E-state index in [-0.39, 0.29) is 17.9 Å². The fraction of sp³-hybridized carbons (Fsp3) is 0.148. The maximum Gasteiger partial charge on any atom is 0.338 e. The number of esters is 1. The van der Waals surface area contributed by atoms with Gasteiger partial charge in [0.25, 0.3) is 11.2 Å². The minimum Gasteiger partial charge on any atom is -0.463 e. The Balaban J connectivity index is 1.65. The second-order valence-electron chi connectivity index (χ2n) is 8.30. The first kappa shape index (κ1) is 25.4. The molecule has 0 amide bonds. The summed E-state index contributed by atoms with van der Waals surface area (Å²) in [5.74, 6) is 0.0535. The number of carbonyl (C=O) groups excluding carboxylic acids is 1. The standard InChI is InChI=1S/C27H20ClN3O6S/c1-3-36-26(33)23-15(2)29-27-30(24(23)17-8-4-6-10-19(17)28)25(32)22(38-27)14-16-12-13-21(37-16)18-9-5-7-11-20(18)31(34)35/h4-14,24H,3H2,1-2H3. The van der Waals surface area contributed by atoms with Gasteiger partial charge in [0, 0.05) is 17.2 Å². The van der Waals surface area contributed by atoms with Crippen molar-refractivity contribution in [1.82, 2.24) is 4.57 Å². The van der Waals surface area contributed by atoms with Crippen LogP contribution in [-0.4, -0.2) is 22.1 Å². The van der Waals surface area contributed by atoms with Crippen molar-refractivity contribution in [3.05, 3.63) is 118 Å². The molecular weight excluding hydrogens is 530 g/mol. The third-order valence-electron chi connectivity index (χ3n) is 5.98. The van der Waals surface area contributed by atoms with Gasteiger partial charge in [0.05, 0.1) is 32.9 Å². The van der Waals surface area contributed by atoms with Crippen LogP contribution in [0.4, 0.5) is 5.69 Å². The molecule has 5 rings (SSSR count). The van der Waals surface area contributed by atoms with Crippen LogP contribution in [0.2, 0.25) is 5.02 Å². The zero-order chi connectivity index (χ0) is 27.0. The molecule has 3 heterocycles. The van der Waals surface area contributed by atoms with Gasteiger partial charge in [-0.1, -0.05) is 53.3 Å². The number of fused-ring (bicyclic) bond motifs is 1. The van der Waals surface area contributed by atoms with Gasteiger partial charge in [-0.05, 0) is 43.7 Å². The molecule has 0 spiro atoms. The molecule has 1 atom stereocenters. The maximum atomic E-state index is 13.7. The Morgan fingerprint density at radius 1 is 1.21 bits per heavy atom. The number of benzene rings is 2. The molecule has 0 saturated carbocycles. The molecular formula is C27H20ClN3O6S. The number of aromatic nitrogens is 1. The highest BCUT2D eigenvalue weighted by atomic mass is 35.5. The van der Waals surface area contributed by atoms with Crippen LogP contribution in [0.3, 0.4) is 0 Å². The van der Waals surface area contributed by atoms with E-state index in [0.717, 1.165) is 11.3 Å². The molecule has 0 fully saturated rings. The number of halogens is 1. The largest absolute Gasteiger partial charge is 0.463 e. The molecule has 0 saturated heterocycles. The van der Waals surface area contributed by atoms with E-state index in [1.54, 1.807) is 74.5 Å². The van der Waals surface area contributed by atoms with E-state index < -0.39 is 22.5 Å². The summed E-state index contributed by atoms with van der Waals surface area (Å²) in [5.41, 5.74) is 1.07. The first-order valence-corrected chi connectivity index (χ1v) is 12.8. The summed E-state index contributed by atoms with van der Waals surface area (Å²) >= 11 is 7.65. The Labute approximate surface area is 224 Å². The lowest BCUT2D eigenvalue weighted by Crippen LogP contribution is -2.40. The molecule has 2 aromatic carbocycles. The molecule has 9 nitrogen and oxygen atoms in total. The van der Waals surface area contributed by atoms with Crippen LogP contribution in [0.1, 0.15) is 31.2 Å². The monoisotopic (exact) mass is 549 g/mol. The van der Waals surface area contributed by atoms with Crippen molar-refractivity contribution in [2.45, 2.75) is 19.9 Å². The van der Waals surface area contributed by atoms with E-state index in [2.05, 4.69) is 4.99 Å². The number of ether oxygens (including phenoxy) is 1. The second-order valence-corrected chi connectivity index (χ2v) is 9.72. The molecule has 38 heavy (non-hydrogen) atoms. The van der Waals surface area contributed by atoms with E-state index in [1.807, 2.05) is 0 Å². The van der Waals surface area contributed by atoms with Gasteiger partial charge < -0.3 is 9.15 Å². The highest BCUT2D eigenvalue weighted by Gasteiger charge is 2.34. The average Bonchev–Trinajstić information content (AvgIpc) is 3.48. The molecule has 1 aliphatic heterocycles. The Morgan fingerprint density at radius 3 is 2.68 bits per heavy atom. The fourth-order valence-corrected chi connectivity index (χ4v) is 5.59. The van der Waals surface area contributed by atoms with E-state index in [0.29, 0.717) is 42.7 Å². The molecule has 2 aromatic heterocycles. The van der Waals surface area contributed by atoms with Gasteiger partial charge in [-0.2, -0.15) is 0 Å². The lowest BCUT2D eigenvalue weighted by Gasteiger charge is -2.25. The number of carbonyl (C=O) groups is 1. The van der Waals surface area contributed by atoms with Crippen molar-refractivity contribution in [1.29, 1.82) is 0 Å². The van der Waals surface area contributed by atoms with E-state index in [1.165, 1.54) is 10.6 Å². The van der Waals surface area contributed by atoms with Gasteiger partial charge >= 0.3 is 5.97 Å². The van der Waals surface area contributed by atoms with Crippen LogP contribution < -0.4 is 14.9 Å². The number of rotatable bonds is 6. The Kier molecular flexibility index (Phi) is 6.83. The predicted molar refractivity (Wildman–Crippen MR) is 143 cm³/mol. The fourth-order valence-electron chi connectivity index (χ4n) is 4.33. The van der Waals surface area contributed by atoms with Gasteiger partial charge in [0.15, 0.2) is 4.80 Å². The lowest BCUT2D eigenvalue weighted by molar-refractivity contribution is -0.384. The molecule has 192 valence electrons. The van der Waals surface area contributed by atoms with Crippen LogP contribution >= 0.6 is 22.9 Å². The second kappa shape index (κ2) is 10.2. The first-order valence-electron chi connectivity index (χ1n) is 11.6. The Hall–Kier alpha value is -4.28. The zero-order valence-corrected chi connectivity index (χ0v) is 21.8. The number of thiazole rings is 1. The number of nitro groups is 1. The van der Waals surface area contributed by atoms with Gasteiger partial charge in [0.1, 0.15) is 17.6 Å². The number of hydrogen-bond acceptors (Lipinski definition) is 8. The lowest BCUT2D eigenvalue weighted by atomic mass is 9.96. The zero-order valence-electron chi connectivity index (χ0n) is 20.2. The number of hydrogen-bond donors (Lipinski definition) is 0. The normalized spacial score (nSPS) is 15.2. The SMILES string of the molecule is CCOC(=O)C1=C(C)N=c2sc(=Cc3ccc(-c4ccccc4[N+](=O)[O-])o3)c(=O)n2C1c1ccccc1Cl. The third-order valence-corrected chi connectivity index (χ3v) is 7.31. The van der Waals surface area contributed by atoms with Crippen molar-refractivity contribution >= 4 is 40.7 Å².